The molecule has 0 aromatic heterocycles. The van der Waals surface area contributed by atoms with Crippen LogP contribution in [0.4, 0.5) is 0 Å². The van der Waals surface area contributed by atoms with Crippen LogP contribution in [0.25, 0.3) is 0 Å². The molecule has 0 aliphatic carbocycles. The summed E-state index contributed by atoms with van der Waals surface area (Å²) in [7, 11) is 0. The van der Waals surface area contributed by atoms with Crippen LogP contribution in [-0.4, -0.2) is 5.78 Å². The first-order chi connectivity index (χ1) is 8.97. The Labute approximate surface area is 119 Å². The van der Waals surface area contributed by atoms with Crippen LogP contribution in [0, 0.1) is 20.8 Å². The first-order valence-corrected chi connectivity index (χ1v) is 6.70. The minimum Gasteiger partial charge on any atom is -0.294 e. The number of rotatable bonds is 3. The lowest BCUT2D eigenvalue weighted by Crippen LogP contribution is -2.06. The highest BCUT2D eigenvalue weighted by Gasteiger charge is 2.11. The highest BCUT2D eigenvalue weighted by molar-refractivity contribution is 6.30. The van der Waals surface area contributed by atoms with E-state index in [-0.39, 0.29) is 5.78 Å². The van der Waals surface area contributed by atoms with Crippen molar-refractivity contribution >= 4 is 17.4 Å². The molecule has 0 saturated carbocycles. The monoisotopic (exact) mass is 272 g/mol. The average Bonchev–Trinajstić information content (AvgIpc) is 2.36. The van der Waals surface area contributed by atoms with Gasteiger partial charge in [-0.3, -0.25) is 4.79 Å². The van der Waals surface area contributed by atoms with Crippen LogP contribution in [0.15, 0.2) is 36.4 Å². The van der Waals surface area contributed by atoms with E-state index < -0.39 is 0 Å². The van der Waals surface area contributed by atoms with Gasteiger partial charge in [-0.05, 0) is 61.2 Å². The van der Waals surface area contributed by atoms with Crippen LogP contribution >= 0.6 is 11.6 Å². The van der Waals surface area contributed by atoms with Crippen LogP contribution in [0.2, 0.25) is 5.02 Å². The Kier molecular flexibility index (Phi) is 4.06. The molecular formula is C17H17ClO. The molecule has 0 unspecified atom stereocenters. The third-order valence-electron chi connectivity index (χ3n) is 3.42. The van der Waals surface area contributed by atoms with Gasteiger partial charge >= 0.3 is 0 Å². The quantitative estimate of drug-likeness (QED) is 0.741. The molecule has 1 nitrogen and oxygen atoms in total. The number of Topliss-reactive ketones (excluding diaryl/α,β-unsaturated/α-hetero) is 1. The normalized spacial score (nSPS) is 10.5. The molecule has 0 heterocycles. The Morgan fingerprint density at radius 3 is 2.16 bits per heavy atom. The van der Waals surface area contributed by atoms with Gasteiger partial charge in [0.15, 0.2) is 5.78 Å². The molecule has 2 rings (SSSR count). The number of aryl methyl sites for hydroxylation is 3. The number of carbonyl (C=O) groups excluding carboxylic acids is 1. The van der Waals surface area contributed by atoms with Gasteiger partial charge in [0.2, 0.25) is 0 Å². The van der Waals surface area contributed by atoms with Gasteiger partial charge in [0.05, 0.1) is 0 Å². The lowest BCUT2D eigenvalue weighted by molar-refractivity contribution is 0.0992. The SMILES string of the molecule is Cc1cc(C)c(C(=O)Cc2ccc(Cl)cc2)cc1C. The van der Waals surface area contributed by atoms with E-state index >= 15 is 0 Å². The molecule has 0 aliphatic heterocycles. The minimum atomic E-state index is 0.155. The van der Waals surface area contributed by atoms with Crippen molar-refractivity contribution in [3.8, 4) is 0 Å². The van der Waals surface area contributed by atoms with Crippen molar-refractivity contribution in [1.29, 1.82) is 0 Å². The third-order valence-corrected chi connectivity index (χ3v) is 3.67. The number of carbonyl (C=O) groups is 1. The van der Waals surface area contributed by atoms with E-state index in [1.807, 2.05) is 44.2 Å². The Balaban J connectivity index is 2.25. The number of halogens is 1. The summed E-state index contributed by atoms with van der Waals surface area (Å²) >= 11 is 5.84. The van der Waals surface area contributed by atoms with Crippen molar-refractivity contribution in [1.82, 2.24) is 0 Å². The number of hydrogen-bond acceptors (Lipinski definition) is 1. The summed E-state index contributed by atoms with van der Waals surface area (Å²) in [6.07, 6.45) is 0.417. The molecule has 0 amide bonds. The number of ketones is 1. The van der Waals surface area contributed by atoms with E-state index in [9.17, 15) is 4.79 Å². The molecule has 0 saturated heterocycles. The van der Waals surface area contributed by atoms with Crippen LogP contribution < -0.4 is 0 Å². The summed E-state index contributed by atoms with van der Waals surface area (Å²) in [6, 6.07) is 11.5. The predicted octanol–water partition coefficient (Wildman–Crippen LogP) is 4.69. The molecule has 0 bridgehead atoms. The van der Waals surface area contributed by atoms with E-state index in [0.29, 0.717) is 11.4 Å². The zero-order chi connectivity index (χ0) is 14.0. The highest BCUT2D eigenvalue weighted by Crippen LogP contribution is 2.18. The molecule has 2 aromatic rings. The second-order valence-electron chi connectivity index (χ2n) is 4.98. The van der Waals surface area contributed by atoms with E-state index in [2.05, 4.69) is 13.0 Å². The fourth-order valence-electron chi connectivity index (χ4n) is 2.14. The van der Waals surface area contributed by atoms with Crippen molar-refractivity contribution in [2.24, 2.45) is 0 Å². The molecule has 2 heteroatoms. The van der Waals surface area contributed by atoms with Crippen LogP contribution in [0.5, 0.6) is 0 Å². The van der Waals surface area contributed by atoms with Gasteiger partial charge in [0, 0.05) is 17.0 Å². The predicted molar refractivity (Wildman–Crippen MR) is 80.1 cm³/mol. The van der Waals surface area contributed by atoms with E-state index in [4.69, 9.17) is 11.6 Å². The Morgan fingerprint density at radius 1 is 0.947 bits per heavy atom. The average molecular weight is 273 g/mol. The summed E-state index contributed by atoms with van der Waals surface area (Å²) in [5.74, 6) is 0.155. The van der Waals surface area contributed by atoms with Gasteiger partial charge in [-0.15, -0.1) is 0 Å². The first kappa shape index (κ1) is 13.8. The standard InChI is InChI=1S/C17H17ClO/c1-11-8-13(3)16(9-12(11)2)17(19)10-14-4-6-15(18)7-5-14/h4-9H,10H2,1-3H3. The van der Waals surface area contributed by atoms with E-state index in [0.717, 1.165) is 22.3 Å². The molecule has 0 aliphatic rings. The van der Waals surface area contributed by atoms with Gasteiger partial charge < -0.3 is 0 Å². The summed E-state index contributed by atoms with van der Waals surface area (Å²) in [6.45, 7) is 6.09. The maximum atomic E-state index is 12.4. The maximum absolute atomic E-state index is 12.4. The fourth-order valence-corrected chi connectivity index (χ4v) is 2.27. The fraction of sp³-hybridized carbons (Fsp3) is 0.235. The maximum Gasteiger partial charge on any atom is 0.167 e. The number of benzene rings is 2. The Bertz CT molecular complexity index is 612. The van der Waals surface area contributed by atoms with Crippen molar-refractivity contribution in [3.05, 3.63) is 69.2 Å². The molecule has 0 N–H and O–H groups in total. The van der Waals surface area contributed by atoms with Crippen molar-refractivity contribution < 1.29 is 4.79 Å². The summed E-state index contributed by atoms with van der Waals surface area (Å²) in [5, 5.41) is 0.693. The minimum absolute atomic E-state index is 0.155. The summed E-state index contributed by atoms with van der Waals surface area (Å²) < 4.78 is 0. The first-order valence-electron chi connectivity index (χ1n) is 6.33. The summed E-state index contributed by atoms with van der Waals surface area (Å²) in [4.78, 5) is 12.4. The van der Waals surface area contributed by atoms with Crippen molar-refractivity contribution in [2.45, 2.75) is 27.2 Å². The van der Waals surface area contributed by atoms with E-state index in [1.165, 1.54) is 5.56 Å². The highest BCUT2D eigenvalue weighted by atomic mass is 35.5. The summed E-state index contributed by atoms with van der Waals surface area (Å²) in [5.41, 5.74) is 5.23. The van der Waals surface area contributed by atoms with Gasteiger partial charge in [-0.25, -0.2) is 0 Å². The molecule has 19 heavy (non-hydrogen) atoms. The second kappa shape index (κ2) is 5.58. The largest absolute Gasteiger partial charge is 0.294 e. The Hall–Kier alpha value is -1.60. The van der Waals surface area contributed by atoms with Crippen molar-refractivity contribution in [3.63, 3.8) is 0 Å². The van der Waals surface area contributed by atoms with Gasteiger partial charge in [-0.1, -0.05) is 29.8 Å². The smallest absolute Gasteiger partial charge is 0.167 e. The second-order valence-corrected chi connectivity index (χ2v) is 5.41. The van der Waals surface area contributed by atoms with Crippen LogP contribution in [0.3, 0.4) is 0 Å². The van der Waals surface area contributed by atoms with Gasteiger partial charge in [0.1, 0.15) is 0 Å². The number of hydrogen-bond donors (Lipinski definition) is 0. The molecule has 0 atom stereocenters. The molecular weight excluding hydrogens is 256 g/mol. The third kappa shape index (κ3) is 3.24. The lowest BCUT2D eigenvalue weighted by Gasteiger charge is -2.09. The Morgan fingerprint density at radius 2 is 1.53 bits per heavy atom. The van der Waals surface area contributed by atoms with Crippen molar-refractivity contribution in [2.75, 3.05) is 0 Å². The van der Waals surface area contributed by atoms with Crippen LogP contribution in [0.1, 0.15) is 32.6 Å². The van der Waals surface area contributed by atoms with Gasteiger partial charge in [-0.2, -0.15) is 0 Å². The molecule has 0 radical (unpaired) electrons. The lowest BCUT2D eigenvalue weighted by atomic mass is 9.95. The topological polar surface area (TPSA) is 17.1 Å². The molecule has 98 valence electrons. The zero-order valence-electron chi connectivity index (χ0n) is 11.5. The van der Waals surface area contributed by atoms with E-state index in [1.54, 1.807) is 0 Å². The van der Waals surface area contributed by atoms with Crippen LogP contribution in [-0.2, 0) is 6.42 Å². The molecule has 2 aromatic carbocycles. The molecule has 0 spiro atoms. The molecule has 0 fully saturated rings. The zero-order valence-corrected chi connectivity index (χ0v) is 12.2. The van der Waals surface area contributed by atoms with Gasteiger partial charge in [0.25, 0.3) is 0 Å².